The molecule has 0 aromatic carbocycles. The monoisotopic (exact) mass is 268 g/mol. The fraction of sp³-hybridized carbons (Fsp3) is 0.692. The van der Waals surface area contributed by atoms with E-state index >= 15 is 0 Å². The minimum Gasteiger partial charge on any atom is -0.473 e. The molecule has 0 bridgehead atoms. The van der Waals surface area contributed by atoms with Gasteiger partial charge in [-0.05, 0) is 20.3 Å². The van der Waals surface area contributed by atoms with E-state index in [1.165, 1.54) is 6.33 Å². The predicted octanol–water partition coefficient (Wildman–Crippen LogP) is 1.44. The minimum atomic E-state index is 0.00647. The SMILES string of the molecule is CCCCN(CCO)c1ncnc(OC(C)C)c1N. The number of rotatable bonds is 8. The van der Waals surface area contributed by atoms with Crippen molar-refractivity contribution < 1.29 is 9.84 Å². The summed E-state index contributed by atoms with van der Waals surface area (Å²) >= 11 is 0. The largest absolute Gasteiger partial charge is 0.473 e. The van der Waals surface area contributed by atoms with Crippen LogP contribution in [0.2, 0.25) is 0 Å². The number of aromatic nitrogens is 2. The number of nitrogens with two attached hydrogens (primary N) is 1. The van der Waals surface area contributed by atoms with Gasteiger partial charge < -0.3 is 20.5 Å². The van der Waals surface area contributed by atoms with Crippen LogP contribution in [0.3, 0.4) is 0 Å². The van der Waals surface area contributed by atoms with Crippen LogP contribution in [0.5, 0.6) is 5.88 Å². The quantitative estimate of drug-likeness (QED) is 0.742. The van der Waals surface area contributed by atoms with E-state index in [0.29, 0.717) is 23.9 Å². The Bertz CT molecular complexity index is 385. The number of nitrogens with zero attached hydrogens (tertiary/aromatic N) is 3. The summed E-state index contributed by atoms with van der Waals surface area (Å²) < 4.78 is 5.55. The average Bonchev–Trinajstić information content (AvgIpc) is 2.37. The zero-order valence-electron chi connectivity index (χ0n) is 12.0. The summed E-state index contributed by atoms with van der Waals surface area (Å²) in [6.45, 7) is 7.33. The van der Waals surface area contributed by atoms with Crippen molar-refractivity contribution in [2.75, 3.05) is 30.3 Å². The highest BCUT2D eigenvalue weighted by Gasteiger charge is 2.16. The maximum absolute atomic E-state index is 9.15. The number of hydrogen-bond acceptors (Lipinski definition) is 6. The first-order valence-corrected chi connectivity index (χ1v) is 6.73. The highest BCUT2D eigenvalue weighted by Crippen LogP contribution is 2.28. The van der Waals surface area contributed by atoms with E-state index in [4.69, 9.17) is 15.6 Å². The molecule has 0 atom stereocenters. The van der Waals surface area contributed by atoms with Gasteiger partial charge in [0.2, 0.25) is 5.88 Å². The van der Waals surface area contributed by atoms with Crippen LogP contribution in [-0.2, 0) is 0 Å². The summed E-state index contributed by atoms with van der Waals surface area (Å²) in [7, 11) is 0. The topological polar surface area (TPSA) is 84.5 Å². The van der Waals surface area contributed by atoms with E-state index in [-0.39, 0.29) is 12.7 Å². The summed E-state index contributed by atoms with van der Waals surface area (Å²) in [6.07, 6.45) is 3.54. The minimum absolute atomic E-state index is 0.00647. The third-order valence-electron chi connectivity index (χ3n) is 2.62. The van der Waals surface area contributed by atoms with E-state index in [1.54, 1.807) is 0 Å². The smallest absolute Gasteiger partial charge is 0.242 e. The first-order valence-electron chi connectivity index (χ1n) is 6.73. The first-order chi connectivity index (χ1) is 9.10. The van der Waals surface area contributed by atoms with Crippen molar-refractivity contribution >= 4 is 11.5 Å². The molecule has 1 heterocycles. The molecule has 0 aliphatic heterocycles. The number of nitrogen functional groups attached to an aromatic ring is 1. The molecule has 6 nitrogen and oxygen atoms in total. The van der Waals surface area contributed by atoms with Gasteiger partial charge in [-0.1, -0.05) is 13.3 Å². The summed E-state index contributed by atoms with van der Waals surface area (Å²) in [6, 6.07) is 0. The van der Waals surface area contributed by atoms with Crippen LogP contribution in [0.25, 0.3) is 0 Å². The van der Waals surface area contributed by atoms with Gasteiger partial charge in [0, 0.05) is 13.1 Å². The van der Waals surface area contributed by atoms with Crippen LogP contribution in [-0.4, -0.2) is 40.9 Å². The third-order valence-corrected chi connectivity index (χ3v) is 2.62. The highest BCUT2D eigenvalue weighted by atomic mass is 16.5. The van der Waals surface area contributed by atoms with E-state index in [1.807, 2.05) is 18.7 Å². The molecular weight excluding hydrogens is 244 g/mol. The lowest BCUT2D eigenvalue weighted by Crippen LogP contribution is -2.29. The molecule has 108 valence electrons. The number of anilines is 2. The Hall–Kier alpha value is -1.56. The van der Waals surface area contributed by atoms with Gasteiger partial charge >= 0.3 is 0 Å². The lowest BCUT2D eigenvalue weighted by Gasteiger charge is -2.24. The lowest BCUT2D eigenvalue weighted by molar-refractivity contribution is 0.233. The van der Waals surface area contributed by atoms with E-state index in [0.717, 1.165) is 19.4 Å². The molecule has 6 heteroatoms. The predicted molar refractivity (Wildman–Crippen MR) is 76.4 cm³/mol. The molecule has 0 saturated heterocycles. The molecule has 0 saturated carbocycles. The first kappa shape index (κ1) is 15.5. The molecule has 1 aromatic heterocycles. The summed E-state index contributed by atoms with van der Waals surface area (Å²) in [5.41, 5.74) is 6.49. The molecule has 0 unspecified atom stereocenters. The Labute approximate surface area is 114 Å². The lowest BCUT2D eigenvalue weighted by atomic mass is 10.3. The number of ether oxygens (including phenoxy) is 1. The summed E-state index contributed by atoms with van der Waals surface area (Å²) in [5.74, 6) is 1.03. The van der Waals surface area contributed by atoms with Crippen molar-refractivity contribution in [1.29, 1.82) is 0 Å². The van der Waals surface area contributed by atoms with Crippen LogP contribution >= 0.6 is 0 Å². The molecule has 1 rings (SSSR count). The van der Waals surface area contributed by atoms with Gasteiger partial charge in [-0.25, -0.2) is 4.98 Å². The fourth-order valence-electron chi connectivity index (χ4n) is 1.73. The van der Waals surface area contributed by atoms with Gasteiger partial charge in [-0.3, -0.25) is 0 Å². The van der Waals surface area contributed by atoms with Crippen LogP contribution in [0.1, 0.15) is 33.6 Å². The maximum Gasteiger partial charge on any atom is 0.242 e. The van der Waals surface area contributed by atoms with Gasteiger partial charge in [0.15, 0.2) is 5.82 Å². The van der Waals surface area contributed by atoms with Crippen LogP contribution in [0.15, 0.2) is 6.33 Å². The second-order valence-electron chi connectivity index (χ2n) is 4.65. The van der Waals surface area contributed by atoms with E-state index in [2.05, 4.69) is 16.9 Å². The number of aliphatic hydroxyl groups is 1. The Morgan fingerprint density at radius 1 is 1.37 bits per heavy atom. The molecule has 3 N–H and O–H groups in total. The molecule has 0 aliphatic rings. The third kappa shape index (κ3) is 4.55. The molecule has 1 aromatic rings. The normalized spacial score (nSPS) is 10.8. The van der Waals surface area contributed by atoms with Gasteiger partial charge in [0.05, 0.1) is 12.7 Å². The molecule has 0 radical (unpaired) electrons. The Morgan fingerprint density at radius 2 is 2.11 bits per heavy atom. The standard InChI is InChI=1S/C13H24N4O2/c1-4-5-6-17(7-8-18)12-11(14)13(16-9-15-12)19-10(2)3/h9-10,18H,4-8,14H2,1-3H3. The van der Waals surface area contributed by atoms with E-state index in [9.17, 15) is 0 Å². The average molecular weight is 268 g/mol. The number of hydrogen-bond donors (Lipinski definition) is 2. The highest BCUT2D eigenvalue weighted by molar-refractivity contribution is 5.67. The fourth-order valence-corrected chi connectivity index (χ4v) is 1.73. The van der Waals surface area contributed by atoms with Crippen molar-refractivity contribution in [2.45, 2.75) is 39.7 Å². The van der Waals surface area contributed by atoms with E-state index < -0.39 is 0 Å². The van der Waals surface area contributed by atoms with Gasteiger partial charge in [-0.2, -0.15) is 4.98 Å². The Morgan fingerprint density at radius 3 is 2.68 bits per heavy atom. The second-order valence-corrected chi connectivity index (χ2v) is 4.65. The van der Waals surface area contributed by atoms with Gasteiger partial charge in [-0.15, -0.1) is 0 Å². The molecule has 0 fully saturated rings. The molecule has 0 aliphatic carbocycles. The molecule has 0 spiro atoms. The van der Waals surface area contributed by atoms with Crippen LogP contribution in [0.4, 0.5) is 11.5 Å². The molecular formula is C13H24N4O2. The zero-order chi connectivity index (χ0) is 14.3. The summed E-state index contributed by atoms with van der Waals surface area (Å²) in [4.78, 5) is 10.2. The van der Waals surface area contributed by atoms with Crippen molar-refractivity contribution in [3.63, 3.8) is 0 Å². The van der Waals surface area contributed by atoms with Crippen molar-refractivity contribution in [3.8, 4) is 5.88 Å². The molecule has 0 amide bonds. The summed E-state index contributed by atoms with van der Waals surface area (Å²) in [5, 5.41) is 9.15. The van der Waals surface area contributed by atoms with Gasteiger partial charge in [0.25, 0.3) is 0 Å². The Kier molecular flexibility index (Phi) is 6.35. The maximum atomic E-state index is 9.15. The number of unbranched alkanes of at least 4 members (excludes halogenated alkanes) is 1. The zero-order valence-corrected chi connectivity index (χ0v) is 12.0. The molecule has 19 heavy (non-hydrogen) atoms. The second kappa shape index (κ2) is 7.78. The van der Waals surface area contributed by atoms with Crippen LogP contribution < -0.4 is 15.4 Å². The van der Waals surface area contributed by atoms with Crippen molar-refractivity contribution in [3.05, 3.63) is 6.33 Å². The Balaban J connectivity index is 2.95. The van der Waals surface area contributed by atoms with Crippen LogP contribution in [0, 0.1) is 0 Å². The number of aliphatic hydroxyl groups excluding tert-OH is 1. The van der Waals surface area contributed by atoms with Gasteiger partial charge in [0.1, 0.15) is 12.0 Å². The van der Waals surface area contributed by atoms with Crippen molar-refractivity contribution in [1.82, 2.24) is 9.97 Å². The van der Waals surface area contributed by atoms with Crippen molar-refractivity contribution in [2.24, 2.45) is 0 Å².